The van der Waals surface area contributed by atoms with Gasteiger partial charge in [-0.25, -0.2) is 0 Å². The Bertz CT molecular complexity index is 373. The molecule has 0 saturated carbocycles. The second kappa shape index (κ2) is 7.86. The van der Waals surface area contributed by atoms with Gasteiger partial charge >= 0.3 is 0 Å². The minimum atomic E-state index is 0.268. The van der Waals surface area contributed by atoms with Gasteiger partial charge < -0.3 is 0 Å². The van der Waals surface area contributed by atoms with E-state index in [2.05, 4.69) is 32.6 Å². The van der Waals surface area contributed by atoms with Crippen molar-refractivity contribution in [2.24, 2.45) is 0 Å². The highest BCUT2D eigenvalue weighted by molar-refractivity contribution is 5.96. The first-order chi connectivity index (χ1) is 8.65. The van der Waals surface area contributed by atoms with Crippen LogP contribution >= 0.6 is 0 Å². The lowest BCUT2D eigenvalue weighted by Gasteiger charge is -2.06. The first-order valence-corrected chi connectivity index (χ1v) is 6.89. The first kappa shape index (κ1) is 14.7. The Kier molecular flexibility index (Phi) is 6.42. The molecule has 0 atom stereocenters. The van der Waals surface area contributed by atoms with Gasteiger partial charge in [-0.2, -0.15) is 0 Å². The Balaban J connectivity index is 2.39. The number of hydrogen-bond acceptors (Lipinski definition) is 1. The third kappa shape index (κ3) is 4.87. The van der Waals surface area contributed by atoms with Crippen LogP contribution in [0.4, 0.5) is 0 Å². The molecule has 1 aromatic rings. The van der Waals surface area contributed by atoms with E-state index in [1.165, 1.54) is 5.56 Å². The number of rotatable bonds is 8. The molecule has 0 radical (unpaired) electrons. The summed E-state index contributed by atoms with van der Waals surface area (Å²) in [4.78, 5) is 11.9. The monoisotopic (exact) mass is 244 g/mol. The Hall–Kier alpha value is -1.37. The highest BCUT2D eigenvalue weighted by Crippen LogP contribution is 2.16. The van der Waals surface area contributed by atoms with E-state index < -0.39 is 0 Å². The third-order valence-electron chi connectivity index (χ3n) is 3.21. The van der Waals surface area contributed by atoms with Crippen molar-refractivity contribution in [2.75, 3.05) is 0 Å². The normalized spacial score (nSPS) is 10.6. The molecule has 1 aromatic carbocycles. The van der Waals surface area contributed by atoms with E-state index in [1.807, 2.05) is 18.2 Å². The van der Waals surface area contributed by atoms with E-state index in [1.54, 1.807) is 0 Å². The molecule has 0 spiro atoms. The summed E-state index contributed by atoms with van der Waals surface area (Å²) in [7, 11) is 0. The maximum atomic E-state index is 11.9. The zero-order chi connectivity index (χ0) is 13.4. The van der Waals surface area contributed by atoms with E-state index in [0.717, 1.165) is 31.2 Å². The molecule has 0 saturated heterocycles. The molecule has 0 aliphatic carbocycles. The van der Waals surface area contributed by atoms with Crippen molar-refractivity contribution in [1.29, 1.82) is 0 Å². The summed E-state index contributed by atoms with van der Waals surface area (Å²) in [5, 5.41) is 0. The van der Waals surface area contributed by atoms with Crippen molar-refractivity contribution in [3.63, 3.8) is 0 Å². The van der Waals surface area contributed by atoms with E-state index >= 15 is 0 Å². The van der Waals surface area contributed by atoms with Crippen LogP contribution in [-0.4, -0.2) is 5.78 Å². The van der Waals surface area contributed by atoms with Gasteiger partial charge in [0.2, 0.25) is 0 Å². The summed E-state index contributed by atoms with van der Waals surface area (Å²) in [6.07, 6.45) is 6.89. The molecular formula is C17H24O. The van der Waals surface area contributed by atoms with E-state index in [9.17, 15) is 4.79 Å². The third-order valence-corrected chi connectivity index (χ3v) is 3.21. The smallest absolute Gasteiger partial charge is 0.162 e. The van der Waals surface area contributed by atoms with Crippen LogP contribution < -0.4 is 0 Å². The minimum absolute atomic E-state index is 0.268. The van der Waals surface area contributed by atoms with E-state index in [0.29, 0.717) is 12.3 Å². The molecular weight excluding hydrogens is 220 g/mol. The van der Waals surface area contributed by atoms with Crippen molar-refractivity contribution >= 4 is 5.78 Å². The van der Waals surface area contributed by atoms with Crippen molar-refractivity contribution in [1.82, 2.24) is 0 Å². The van der Waals surface area contributed by atoms with Crippen LogP contribution in [0.5, 0.6) is 0 Å². The Morgan fingerprint density at radius 3 is 2.39 bits per heavy atom. The zero-order valence-electron chi connectivity index (χ0n) is 11.6. The Morgan fingerprint density at radius 1 is 1.17 bits per heavy atom. The number of ketones is 1. The second-order valence-electron chi connectivity index (χ2n) is 5.09. The zero-order valence-corrected chi connectivity index (χ0v) is 11.6. The lowest BCUT2D eigenvalue weighted by molar-refractivity contribution is 0.0979. The number of Topliss-reactive ketones (excluding diaryl/α,β-unsaturated/α-hetero) is 1. The van der Waals surface area contributed by atoms with Gasteiger partial charge in [0, 0.05) is 12.0 Å². The highest BCUT2D eigenvalue weighted by atomic mass is 16.1. The number of carbonyl (C=O) groups is 1. The van der Waals surface area contributed by atoms with Gasteiger partial charge in [-0.1, -0.05) is 50.6 Å². The molecule has 0 heterocycles. The summed E-state index contributed by atoms with van der Waals surface area (Å²) >= 11 is 0. The lowest BCUT2D eigenvalue weighted by Crippen LogP contribution is -1.99. The van der Waals surface area contributed by atoms with E-state index in [-0.39, 0.29) is 5.78 Å². The SMILES string of the molecule is C=CCCCCCC(=O)c1ccc(C(C)C)cc1. The van der Waals surface area contributed by atoms with E-state index in [4.69, 9.17) is 0 Å². The van der Waals surface area contributed by atoms with Gasteiger partial charge in [0.05, 0.1) is 0 Å². The summed E-state index contributed by atoms with van der Waals surface area (Å²) < 4.78 is 0. The van der Waals surface area contributed by atoms with Gasteiger partial charge in [-0.3, -0.25) is 4.79 Å². The van der Waals surface area contributed by atoms with Crippen molar-refractivity contribution < 1.29 is 4.79 Å². The molecule has 18 heavy (non-hydrogen) atoms. The van der Waals surface area contributed by atoms with Crippen LogP contribution in [0.3, 0.4) is 0 Å². The molecule has 98 valence electrons. The lowest BCUT2D eigenvalue weighted by atomic mass is 9.99. The van der Waals surface area contributed by atoms with Crippen LogP contribution in [-0.2, 0) is 0 Å². The summed E-state index contributed by atoms with van der Waals surface area (Å²) in [6, 6.07) is 8.05. The Morgan fingerprint density at radius 2 is 1.83 bits per heavy atom. The fourth-order valence-corrected chi connectivity index (χ4v) is 1.95. The molecule has 1 nitrogen and oxygen atoms in total. The standard InChI is InChI=1S/C17H24O/c1-4-5-6-7-8-9-17(18)16-12-10-15(11-13-16)14(2)3/h4,10-14H,1,5-9H2,2-3H3. The topological polar surface area (TPSA) is 17.1 Å². The van der Waals surface area contributed by atoms with Gasteiger partial charge in [0.1, 0.15) is 0 Å². The maximum Gasteiger partial charge on any atom is 0.162 e. The van der Waals surface area contributed by atoms with Crippen LogP contribution in [0.2, 0.25) is 0 Å². The average Bonchev–Trinajstić information content (AvgIpc) is 2.38. The van der Waals surface area contributed by atoms with Crippen molar-refractivity contribution in [3.8, 4) is 0 Å². The van der Waals surface area contributed by atoms with Gasteiger partial charge in [-0.05, 0) is 30.7 Å². The van der Waals surface area contributed by atoms with Gasteiger partial charge in [0.25, 0.3) is 0 Å². The van der Waals surface area contributed by atoms with Crippen LogP contribution in [0.25, 0.3) is 0 Å². The fraction of sp³-hybridized carbons (Fsp3) is 0.471. The fourth-order valence-electron chi connectivity index (χ4n) is 1.95. The number of allylic oxidation sites excluding steroid dienone is 1. The molecule has 0 aromatic heterocycles. The molecule has 1 heteroatoms. The summed E-state index contributed by atoms with van der Waals surface area (Å²) in [5.74, 6) is 0.789. The average molecular weight is 244 g/mol. The molecule has 0 fully saturated rings. The highest BCUT2D eigenvalue weighted by Gasteiger charge is 2.06. The predicted octanol–water partition coefficient (Wildman–Crippen LogP) is 5.13. The molecule has 0 unspecified atom stereocenters. The van der Waals surface area contributed by atoms with Crippen LogP contribution in [0.15, 0.2) is 36.9 Å². The maximum absolute atomic E-state index is 11.9. The summed E-state index contributed by atoms with van der Waals surface area (Å²) in [5.41, 5.74) is 2.14. The minimum Gasteiger partial charge on any atom is -0.294 e. The molecule has 0 amide bonds. The Labute approximate surface area is 111 Å². The predicted molar refractivity (Wildman–Crippen MR) is 78.1 cm³/mol. The molecule has 1 rings (SSSR count). The van der Waals surface area contributed by atoms with Crippen LogP contribution in [0, 0.1) is 0 Å². The summed E-state index contributed by atoms with van der Waals surface area (Å²) in [6.45, 7) is 8.02. The van der Waals surface area contributed by atoms with Gasteiger partial charge in [0.15, 0.2) is 5.78 Å². The number of unbranched alkanes of at least 4 members (excludes halogenated alkanes) is 3. The van der Waals surface area contributed by atoms with Gasteiger partial charge in [-0.15, -0.1) is 6.58 Å². The number of hydrogen-bond donors (Lipinski definition) is 0. The van der Waals surface area contributed by atoms with Crippen molar-refractivity contribution in [3.05, 3.63) is 48.0 Å². The molecule has 0 N–H and O–H groups in total. The molecule has 0 bridgehead atoms. The second-order valence-corrected chi connectivity index (χ2v) is 5.09. The molecule has 0 aliphatic heterocycles. The number of benzene rings is 1. The quantitative estimate of drug-likeness (QED) is 0.352. The van der Waals surface area contributed by atoms with Crippen LogP contribution in [0.1, 0.15) is 67.8 Å². The van der Waals surface area contributed by atoms with Crippen molar-refractivity contribution in [2.45, 2.75) is 51.9 Å². The largest absolute Gasteiger partial charge is 0.294 e. The number of carbonyl (C=O) groups excluding carboxylic acids is 1. The molecule has 0 aliphatic rings. The first-order valence-electron chi connectivity index (χ1n) is 6.89.